The maximum absolute atomic E-state index is 10.9. The highest BCUT2D eigenvalue weighted by Crippen LogP contribution is 2.41. The van der Waals surface area contributed by atoms with Crippen molar-refractivity contribution in [2.75, 3.05) is 7.11 Å². The highest BCUT2D eigenvalue weighted by Gasteiger charge is 2.19. The summed E-state index contributed by atoms with van der Waals surface area (Å²) in [5.41, 5.74) is 1.67. The van der Waals surface area contributed by atoms with Crippen molar-refractivity contribution >= 4 is 14.6 Å². The number of esters is 1. The molecule has 0 heterocycles. The fourth-order valence-corrected chi connectivity index (χ4v) is 3.64. The summed E-state index contributed by atoms with van der Waals surface area (Å²) in [5.74, 6) is 1.84. The van der Waals surface area contributed by atoms with Crippen LogP contribution in [0, 0.1) is 6.92 Å². The molecule has 33 heavy (non-hydrogen) atoms. The zero-order valence-electron chi connectivity index (χ0n) is 18.5. The third-order valence-electron chi connectivity index (χ3n) is 4.21. The summed E-state index contributed by atoms with van der Waals surface area (Å²) in [7, 11) is -0.210. The predicted octanol–water partition coefficient (Wildman–Crippen LogP) is 7.23. The molecular formula is C27H25O5P. The number of benzene rings is 4. The Morgan fingerprint density at radius 2 is 1.03 bits per heavy atom. The topological polar surface area (TPSA) is 54.0 Å². The van der Waals surface area contributed by atoms with Crippen LogP contribution in [0.15, 0.2) is 115 Å². The fraction of sp³-hybridized carbons (Fsp3) is 0.0741. The molecule has 0 amide bonds. The van der Waals surface area contributed by atoms with E-state index in [1.807, 2.05) is 110 Å². The molecule has 0 atom stereocenters. The SMILES string of the molecule is COC(=O)c1cccc(C)c1.c1ccc(OP(Oc2ccccc2)Oc2ccccc2)cc1. The summed E-state index contributed by atoms with van der Waals surface area (Å²) in [4.78, 5) is 10.9. The number of rotatable bonds is 7. The summed E-state index contributed by atoms with van der Waals surface area (Å²) in [6, 6.07) is 35.8. The Morgan fingerprint density at radius 3 is 1.39 bits per heavy atom. The minimum Gasteiger partial charge on any atom is -0.465 e. The van der Waals surface area contributed by atoms with E-state index in [9.17, 15) is 4.79 Å². The normalized spacial score (nSPS) is 9.91. The second-order valence-corrected chi connectivity index (χ2v) is 7.79. The number of hydrogen-bond donors (Lipinski definition) is 0. The first-order valence-electron chi connectivity index (χ1n) is 10.3. The van der Waals surface area contributed by atoms with Gasteiger partial charge in [-0.3, -0.25) is 0 Å². The summed E-state index contributed by atoms with van der Waals surface area (Å²) >= 11 is 0. The smallest absolute Gasteiger partial charge is 0.465 e. The van der Waals surface area contributed by atoms with Crippen LogP contribution in [-0.4, -0.2) is 13.1 Å². The number of aryl methyl sites for hydroxylation is 1. The van der Waals surface area contributed by atoms with Gasteiger partial charge in [-0.15, -0.1) is 0 Å². The van der Waals surface area contributed by atoms with E-state index in [1.54, 1.807) is 12.1 Å². The molecule has 0 spiro atoms. The van der Waals surface area contributed by atoms with Crippen molar-refractivity contribution in [1.29, 1.82) is 0 Å². The van der Waals surface area contributed by atoms with Gasteiger partial charge in [-0.1, -0.05) is 72.3 Å². The van der Waals surface area contributed by atoms with Crippen LogP contribution in [0.2, 0.25) is 0 Å². The lowest BCUT2D eigenvalue weighted by molar-refractivity contribution is 0.0600. The lowest BCUT2D eigenvalue weighted by atomic mass is 10.1. The van der Waals surface area contributed by atoms with Crippen LogP contribution < -0.4 is 13.6 Å². The second-order valence-electron chi connectivity index (χ2n) is 6.80. The average molecular weight is 460 g/mol. The highest BCUT2D eigenvalue weighted by molar-refractivity contribution is 7.43. The third kappa shape index (κ3) is 8.32. The van der Waals surface area contributed by atoms with Gasteiger partial charge in [0.05, 0.1) is 12.7 Å². The molecule has 0 N–H and O–H groups in total. The van der Waals surface area contributed by atoms with E-state index in [4.69, 9.17) is 13.6 Å². The maximum Gasteiger partial charge on any atom is 0.530 e. The van der Waals surface area contributed by atoms with E-state index in [1.165, 1.54) is 7.11 Å². The van der Waals surface area contributed by atoms with Crippen LogP contribution in [0.5, 0.6) is 17.2 Å². The minimum absolute atomic E-state index is 0.284. The van der Waals surface area contributed by atoms with Gasteiger partial charge < -0.3 is 18.3 Å². The summed E-state index contributed by atoms with van der Waals surface area (Å²) < 4.78 is 22.1. The van der Waals surface area contributed by atoms with Gasteiger partial charge in [0.25, 0.3) is 0 Å². The number of ether oxygens (including phenoxy) is 1. The van der Waals surface area contributed by atoms with Gasteiger partial charge in [0.2, 0.25) is 0 Å². The zero-order chi connectivity index (χ0) is 23.3. The molecule has 0 saturated carbocycles. The van der Waals surface area contributed by atoms with Gasteiger partial charge in [-0.2, -0.15) is 0 Å². The zero-order valence-corrected chi connectivity index (χ0v) is 19.4. The number of para-hydroxylation sites is 3. The molecule has 0 radical (unpaired) electrons. The van der Waals surface area contributed by atoms with Gasteiger partial charge in [0, 0.05) is 0 Å². The monoisotopic (exact) mass is 460 g/mol. The molecule has 0 saturated heterocycles. The van der Waals surface area contributed by atoms with Gasteiger partial charge in [0.15, 0.2) is 0 Å². The average Bonchev–Trinajstić information content (AvgIpc) is 2.86. The molecule has 0 unspecified atom stereocenters. The van der Waals surface area contributed by atoms with E-state index < -0.39 is 8.60 Å². The minimum atomic E-state index is -1.59. The van der Waals surface area contributed by atoms with E-state index in [-0.39, 0.29) is 5.97 Å². The molecule has 0 fully saturated rings. The fourth-order valence-electron chi connectivity index (χ4n) is 2.65. The first-order chi connectivity index (χ1) is 16.1. The van der Waals surface area contributed by atoms with Gasteiger partial charge in [-0.05, 0) is 55.5 Å². The number of methoxy groups -OCH3 is 1. The van der Waals surface area contributed by atoms with Crippen molar-refractivity contribution in [2.45, 2.75) is 6.92 Å². The molecule has 0 aliphatic carbocycles. The lowest BCUT2D eigenvalue weighted by Gasteiger charge is -2.17. The Kier molecular flexibility index (Phi) is 9.31. The second kappa shape index (κ2) is 12.9. The first-order valence-corrected chi connectivity index (χ1v) is 11.4. The molecular weight excluding hydrogens is 435 g/mol. The van der Waals surface area contributed by atoms with Crippen LogP contribution in [0.1, 0.15) is 15.9 Å². The molecule has 0 aliphatic rings. The predicted molar refractivity (Wildman–Crippen MR) is 131 cm³/mol. The largest absolute Gasteiger partial charge is 0.530 e. The highest BCUT2D eigenvalue weighted by atomic mass is 31.2. The Balaban J connectivity index is 0.000000235. The molecule has 4 rings (SSSR count). The van der Waals surface area contributed by atoms with Crippen LogP contribution in [0.3, 0.4) is 0 Å². The Bertz CT molecular complexity index is 1010. The maximum atomic E-state index is 10.9. The van der Waals surface area contributed by atoms with Crippen LogP contribution in [-0.2, 0) is 4.74 Å². The van der Waals surface area contributed by atoms with Crippen molar-refractivity contribution < 1.29 is 23.1 Å². The Morgan fingerprint density at radius 1 is 0.606 bits per heavy atom. The molecule has 168 valence electrons. The van der Waals surface area contributed by atoms with Crippen molar-refractivity contribution in [3.05, 3.63) is 126 Å². The summed E-state index contributed by atoms with van der Waals surface area (Å²) in [6.45, 7) is 1.94. The summed E-state index contributed by atoms with van der Waals surface area (Å²) in [5, 5.41) is 0. The Hall–Kier alpha value is -3.82. The molecule has 5 nitrogen and oxygen atoms in total. The summed E-state index contributed by atoms with van der Waals surface area (Å²) in [6.07, 6.45) is 0. The number of carbonyl (C=O) groups is 1. The van der Waals surface area contributed by atoms with Gasteiger partial charge in [0.1, 0.15) is 17.2 Å². The van der Waals surface area contributed by atoms with Crippen LogP contribution >= 0.6 is 8.60 Å². The van der Waals surface area contributed by atoms with Crippen molar-refractivity contribution in [2.24, 2.45) is 0 Å². The number of hydrogen-bond acceptors (Lipinski definition) is 5. The molecule has 4 aromatic carbocycles. The van der Waals surface area contributed by atoms with E-state index in [0.29, 0.717) is 22.8 Å². The molecule has 0 bridgehead atoms. The molecule has 4 aromatic rings. The van der Waals surface area contributed by atoms with Crippen molar-refractivity contribution in [3.63, 3.8) is 0 Å². The standard InChI is InChI=1S/C18H15O3P.C9H10O2/c1-4-10-16(11-5-1)19-22(20-17-12-6-2-7-13-17)21-18-14-8-3-9-15-18;1-7-4-3-5-8(6-7)9(10)11-2/h1-15H;3-6H,1-2H3. The molecule has 0 aromatic heterocycles. The Labute approximate surface area is 195 Å². The van der Waals surface area contributed by atoms with Gasteiger partial charge in [-0.25, -0.2) is 4.79 Å². The molecule has 0 aliphatic heterocycles. The van der Waals surface area contributed by atoms with Gasteiger partial charge >= 0.3 is 14.6 Å². The first kappa shape index (κ1) is 23.8. The lowest BCUT2D eigenvalue weighted by Crippen LogP contribution is -2.02. The quantitative estimate of drug-likeness (QED) is 0.215. The van der Waals surface area contributed by atoms with E-state index >= 15 is 0 Å². The van der Waals surface area contributed by atoms with E-state index in [2.05, 4.69) is 4.74 Å². The number of carbonyl (C=O) groups excluding carboxylic acids is 1. The van der Waals surface area contributed by atoms with Crippen molar-refractivity contribution in [1.82, 2.24) is 0 Å². The van der Waals surface area contributed by atoms with Crippen LogP contribution in [0.25, 0.3) is 0 Å². The molecule has 6 heteroatoms. The van der Waals surface area contributed by atoms with Crippen molar-refractivity contribution in [3.8, 4) is 17.2 Å². The third-order valence-corrected chi connectivity index (χ3v) is 5.29. The van der Waals surface area contributed by atoms with Crippen LogP contribution in [0.4, 0.5) is 0 Å². The van der Waals surface area contributed by atoms with E-state index in [0.717, 1.165) is 5.56 Å².